The van der Waals surface area contributed by atoms with Crippen LogP contribution in [0.1, 0.15) is 49.8 Å². The summed E-state index contributed by atoms with van der Waals surface area (Å²) in [5, 5.41) is 0. The van der Waals surface area contributed by atoms with Crippen molar-refractivity contribution in [1.82, 2.24) is 4.90 Å². The van der Waals surface area contributed by atoms with Crippen LogP contribution in [0.25, 0.3) is 0 Å². The van der Waals surface area contributed by atoms with Gasteiger partial charge in [0.2, 0.25) is 0 Å². The number of nitrogens with zero attached hydrogens (tertiary/aromatic N) is 1. The molecule has 2 aliphatic rings. The Balaban J connectivity index is 1.87. The van der Waals surface area contributed by atoms with E-state index in [1.807, 2.05) is 0 Å². The SMILES string of the molecule is CC(N)C1CCCCN1C1CCc2cc(Br)ccc21. The normalized spacial score (nSPS) is 29.2. The van der Waals surface area contributed by atoms with E-state index in [4.69, 9.17) is 5.73 Å². The topological polar surface area (TPSA) is 29.3 Å². The summed E-state index contributed by atoms with van der Waals surface area (Å²) in [6.07, 6.45) is 6.39. The molecule has 1 aliphatic carbocycles. The predicted molar refractivity (Wildman–Crippen MR) is 83.2 cm³/mol. The summed E-state index contributed by atoms with van der Waals surface area (Å²) in [4.78, 5) is 2.69. The predicted octanol–water partition coefficient (Wildman–Crippen LogP) is 3.64. The molecule has 1 aromatic carbocycles. The minimum absolute atomic E-state index is 0.278. The Morgan fingerprint density at radius 2 is 2.16 bits per heavy atom. The quantitative estimate of drug-likeness (QED) is 0.900. The van der Waals surface area contributed by atoms with E-state index in [0.29, 0.717) is 12.1 Å². The average Bonchev–Trinajstić information content (AvgIpc) is 2.81. The molecule has 3 atom stereocenters. The van der Waals surface area contributed by atoms with Gasteiger partial charge in [-0.3, -0.25) is 4.90 Å². The molecule has 2 N–H and O–H groups in total. The van der Waals surface area contributed by atoms with Crippen LogP contribution in [0.2, 0.25) is 0 Å². The lowest BCUT2D eigenvalue weighted by Crippen LogP contribution is -2.50. The van der Waals surface area contributed by atoms with Crippen LogP contribution in [-0.2, 0) is 6.42 Å². The van der Waals surface area contributed by atoms with Gasteiger partial charge in [-0.1, -0.05) is 28.4 Å². The van der Waals surface area contributed by atoms with Crippen LogP contribution in [0.3, 0.4) is 0 Å². The van der Waals surface area contributed by atoms with Gasteiger partial charge in [0.15, 0.2) is 0 Å². The van der Waals surface area contributed by atoms with Crippen molar-refractivity contribution in [2.45, 2.75) is 57.2 Å². The number of nitrogens with two attached hydrogens (primary N) is 1. The Morgan fingerprint density at radius 3 is 2.95 bits per heavy atom. The second-order valence-electron chi connectivity index (χ2n) is 6.06. The van der Waals surface area contributed by atoms with Crippen molar-refractivity contribution in [3.63, 3.8) is 0 Å². The van der Waals surface area contributed by atoms with Gasteiger partial charge >= 0.3 is 0 Å². The molecule has 0 spiro atoms. The first-order valence-corrected chi connectivity index (χ1v) is 8.26. The van der Waals surface area contributed by atoms with Gasteiger partial charge in [-0.25, -0.2) is 0 Å². The third-order valence-electron chi connectivity index (χ3n) is 4.75. The molecule has 1 aromatic rings. The fourth-order valence-electron chi connectivity index (χ4n) is 3.84. The number of hydrogen-bond donors (Lipinski definition) is 1. The van der Waals surface area contributed by atoms with Crippen LogP contribution in [0.4, 0.5) is 0 Å². The number of aryl methyl sites for hydroxylation is 1. The molecule has 3 rings (SSSR count). The van der Waals surface area contributed by atoms with E-state index in [9.17, 15) is 0 Å². The molecule has 1 aliphatic heterocycles. The monoisotopic (exact) mass is 322 g/mol. The largest absolute Gasteiger partial charge is 0.327 e. The van der Waals surface area contributed by atoms with Crippen molar-refractivity contribution in [3.8, 4) is 0 Å². The molecule has 0 amide bonds. The number of piperidine rings is 1. The lowest BCUT2D eigenvalue weighted by molar-refractivity contribution is 0.0811. The molecular formula is C16H23BrN2. The first-order valence-electron chi connectivity index (χ1n) is 7.46. The van der Waals surface area contributed by atoms with Crippen molar-refractivity contribution in [2.75, 3.05) is 6.54 Å². The highest BCUT2D eigenvalue weighted by molar-refractivity contribution is 9.10. The summed E-state index contributed by atoms with van der Waals surface area (Å²) in [5.74, 6) is 0. The minimum Gasteiger partial charge on any atom is -0.327 e. The summed E-state index contributed by atoms with van der Waals surface area (Å²) < 4.78 is 1.20. The molecule has 0 saturated carbocycles. The van der Waals surface area contributed by atoms with Crippen molar-refractivity contribution in [2.24, 2.45) is 5.73 Å². The van der Waals surface area contributed by atoms with Gasteiger partial charge in [-0.2, -0.15) is 0 Å². The second kappa shape index (κ2) is 5.55. The Kier molecular flexibility index (Phi) is 3.97. The fourth-order valence-corrected chi connectivity index (χ4v) is 4.25. The average molecular weight is 323 g/mol. The molecule has 3 heteroatoms. The molecule has 3 unspecified atom stereocenters. The third-order valence-corrected chi connectivity index (χ3v) is 5.24. The number of likely N-dealkylation sites (tertiary alicyclic amines) is 1. The molecule has 0 bridgehead atoms. The van der Waals surface area contributed by atoms with E-state index in [1.165, 1.54) is 54.2 Å². The molecule has 0 aromatic heterocycles. The molecule has 0 radical (unpaired) electrons. The minimum atomic E-state index is 0.278. The number of fused-ring (bicyclic) bond motifs is 1. The first kappa shape index (κ1) is 13.6. The van der Waals surface area contributed by atoms with Gasteiger partial charge < -0.3 is 5.73 Å². The first-order chi connectivity index (χ1) is 9.16. The van der Waals surface area contributed by atoms with E-state index < -0.39 is 0 Å². The summed E-state index contributed by atoms with van der Waals surface area (Å²) in [6.45, 7) is 3.38. The Morgan fingerprint density at radius 1 is 1.32 bits per heavy atom. The highest BCUT2D eigenvalue weighted by atomic mass is 79.9. The van der Waals surface area contributed by atoms with Crippen LogP contribution in [0.15, 0.2) is 22.7 Å². The standard InChI is InChI=1S/C16H23BrN2/c1-11(18)15-4-2-3-9-19(15)16-8-5-12-10-13(17)6-7-14(12)16/h6-7,10-11,15-16H,2-5,8-9,18H2,1H3. The zero-order valence-corrected chi connectivity index (χ0v) is 13.2. The maximum Gasteiger partial charge on any atom is 0.0357 e. The van der Waals surface area contributed by atoms with Gasteiger partial charge in [-0.05, 0) is 62.4 Å². The summed E-state index contributed by atoms with van der Waals surface area (Å²) >= 11 is 3.58. The maximum atomic E-state index is 6.22. The van der Waals surface area contributed by atoms with Crippen LogP contribution < -0.4 is 5.73 Å². The number of hydrogen-bond acceptors (Lipinski definition) is 2. The third kappa shape index (κ3) is 2.61. The van der Waals surface area contributed by atoms with Gasteiger partial charge in [0.05, 0.1) is 0 Å². The zero-order valence-electron chi connectivity index (χ0n) is 11.6. The molecule has 104 valence electrons. The van der Waals surface area contributed by atoms with Gasteiger partial charge in [0, 0.05) is 22.6 Å². The van der Waals surface area contributed by atoms with E-state index in [2.05, 4.69) is 46.0 Å². The smallest absolute Gasteiger partial charge is 0.0357 e. The van der Waals surface area contributed by atoms with Crippen molar-refractivity contribution < 1.29 is 0 Å². The van der Waals surface area contributed by atoms with E-state index in [0.717, 1.165) is 0 Å². The zero-order chi connectivity index (χ0) is 13.4. The summed E-state index contributed by atoms with van der Waals surface area (Å²) in [5.41, 5.74) is 9.28. The lowest BCUT2D eigenvalue weighted by Gasteiger charge is -2.42. The number of rotatable bonds is 2. The highest BCUT2D eigenvalue weighted by Crippen LogP contribution is 2.40. The molecule has 19 heavy (non-hydrogen) atoms. The molecule has 2 nitrogen and oxygen atoms in total. The van der Waals surface area contributed by atoms with Crippen molar-refractivity contribution in [3.05, 3.63) is 33.8 Å². The van der Waals surface area contributed by atoms with E-state index in [-0.39, 0.29) is 6.04 Å². The number of benzene rings is 1. The summed E-state index contributed by atoms with van der Waals surface area (Å²) in [6, 6.07) is 8.22. The Labute approximate surface area is 124 Å². The molecule has 1 fully saturated rings. The van der Waals surface area contributed by atoms with E-state index >= 15 is 0 Å². The Bertz CT molecular complexity index is 458. The van der Waals surface area contributed by atoms with E-state index in [1.54, 1.807) is 0 Å². The van der Waals surface area contributed by atoms with Crippen molar-refractivity contribution in [1.29, 1.82) is 0 Å². The van der Waals surface area contributed by atoms with Crippen LogP contribution >= 0.6 is 15.9 Å². The second-order valence-corrected chi connectivity index (χ2v) is 6.97. The fraction of sp³-hybridized carbons (Fsp3) is 0.625. The van der Waals surface area contributed by atoms with Gasteiger partial charge in [0.1, 0.15) is 0 Å². The van der Waals surface area contributed by atoms with Crippen LogP contribution in [-0.4, -0.2) is 23.5 Å². The number of halogens is 1. The summed E-state index contributed by atoms with van der Waals surface area (Å²) in [7, 11) is 0. The van der Waals surface area contributed by atoms with Crippen LogP contribution in [0.5, 0.6) is 0 Å². The van der Waals surface area contributed by atoms with Crippen molar-refractivity contribution >= 4 is 15.9 Å². The lowest BCUT2D eigenvalue weighted by atomic mass is 9.93. The molecular weight excluding hydrogens is 300 g/mol. The Hall–Kier alpha value is -0.380. The molecule has 1 heterocycles. The van der Waals surface area contributed by atoms with Crippen LogP contribution in [0, 0.1) is 0 Å². The maximum absolute atomic E-state index is 6.22. The highest BCUT2D eigenvalue weighted by Gasteiger charge is 2.35. The van der Waals surface area contributed by atoms with Gasteiger partial charge in [0.25, 0.3) is 0 Å². The molecule has 1 saturated heterocycles. The van der Waals surface area contributed by atoms with Gasteiger partial charge in [-0.15, -0.1) is 0 Å².